The van der Waals surface area contributed by atoms with E-state index < -0.39 is 17.3 Å². The number of benzene rings is 1. The van der Waals surface area contributed by atoms with Crippen molar-refractivity contribution in [1.29, 1.82) is 0 Å². The highest BCUT2D eigenvalue weighted by Gasteiger charge is 2.43. The van der Waals surface area contributed by atoms with E-state index in [-0.39, 0.29) is 18.2 Å². The molecule has 1 aliphatic carbocycles. The van der Waals surface area contributed by atoms with Gasteiger partial charge in [-0.25, -0.2) is 0 Å². The van der Waals surface area contributed by atoms with Crippen molar-refractivity contribution in [3.8, 4) is 0 Å². The second-order valence-corrected chi connectivity index (χ2v) is 7.17. The quantitative estimate of drug-likeness (QED) is 0.735. The van der Waals surface area contributed by atoms with Crippen molar-refractivity contribution < 1.29 is 19.5 Å². The van der Waals surface area contributed by atoms with Crippen LogP contribution in [-0.4, -0.2) is 22.9 Å². The molecule has 136 valence electrons. The van der Waals surface area contributed by atoms with Gasteiger partial charge in [0.05, 0.1) is 11.8 Å². The fourth-order valence-corrected chi connectivity index (χ4v) is 3.76. The summed E-state index contributed by atoms with van der Waals surface area (Å²) in [5.74, 6) is -1.71. The van der Waals surface area contributed by atoms with E-state index in [1.807, 2.05) is 0 Å². The number of hydrogen-bond acceptors (Lipinski definition) is 3. The number of nitrogens with one attached hydrogen (secondary N) is 1. The van der Waals surface area contributed by atoms with E-state index in [1.54, 1.807) is 32.0 Å². The molecule has 0 aromatic heterocycles. The highest BCUT2D eigenvalue weighted by Crippen LogP contribution is 2.42. The molecule has 0 radical (unpaired) electrons. The van der Waals surface area contributed by atoms with E-state index >= 15 is 0 Å². The number of amides is 2. The predicted molar refractivity (Wildman–Crippen MR) is 95.3 cm³/mol. The van der Waals surface area contributed by atoms with Crippen molar-refractivity contribution in [2.75, 3.05) is 5.32 Å². The van der Waals surface area contributed by atoms with Crippen LogP contribution < -0.4 is 11.1 Å². The Balaban J connectivity index is 2.23. The van der Waals surface area contributed by atoms with Crippen LogP contribution >= 0.6 is 0 Å². The number of carbonyl (C=O) groups excluding carboxylic acids is 2. The number of carbonyl (C=O) groups is 3. The Morgan fingerprint density at radius 2 is 1.88 bits per heavy atom. The maximum atomic E-state index is 12.9. The summed E-state index contributed by atoms with van der Waals surface area (Å²) in [5, 5.41) is 12.1. The van der Waals surface area contributed by atoms with Gasteiger partial charge in [0.1, 0.15) is 0 Å². The molecule has 25 heavy (non-hydrogen) atoms. The van der Waals surface area contributed by atoms with Gasteiger partial charge in [0.15, 0.2) is 0 Å². The van der Waals surface area contributed by atoms with Gasteiger partial charge in [-0.3, -0.25) is 14.4 Å². The first-order valence-corrected chi connectivity index (χ1v) is 8.67. The van der Waals surface area contributed by atoms with Gasteiger partial charge < -0.3 is 16.2 Å². The summed E-state index contributed by atoms with van der Waals surface area (Å²) < 4.78 is 0. The number of carboxylic acids is 1. The van der Waals surface area contributed by atoms with E-state index in [0.717, 1.165) is 32.1 Å². The maximum Gasteiger partial charge on any atom is 0.304 e. The zero-order chi connectivity index (χ0) is 18.6. The summed E-state index contributed by atoms with van der Waals surface area (Å²) in [4.78, 5) is 35.6. The van der Waals surface area contributed by atoms with Gasteiger partial charge in [0, 0.05) is 11.3 Å². The highest BCUT2D eigenvalue weighted by molar-refractivity contribution is 5.99. The molecule has 1 unspecified atom stereocenters. The van der Waals surface area contributed by atoms with Crippen LogP contribution in [0.3, 0.4) is 0 Å². The molecule has 0 heterocycles. The average molecular weight is 346 g/mol. The normalized spacial score (nSPS) is 17.5. The Morgan fingerprint density at radius 3 is 2.40 bits per heavy atom. The Kier molecular flexibility index (Phi) is 5.82. The van der Waals surface area contributed by atoms with E-state index in [1.165, 1.54) is 0 Å². The summed E-state index contributed by atoms with van der Waals surface area (Å²) in [7, 11) is 0. The molecule has 1 saturated carbocycles. The Labute approximate surface area is 147 Å². The summed E-state index contributed by atoms with van der Waals surface area (Å²) >= 11 is 0. The molecular weight excluding hydrogens is 320 g/mol. The number of aliphatic carboxylic acids is 1. The van der Waals surface area contributed by atoms with Crippen LogP contribution in [0.5, 0.6) is 0 Å². The molecule has 4 N–H and O–H groups in total. The molecule has 1 aliphatic rings. The Bertz CT molecular complexity index is 680. The number of anilines is 1. The number of aryl methyl sites for hydroxylation is 1. The lowest BCUT2D eigenvalue weighted by Crippen LogP contribution is -2.42. The summed E-state index contributed by atoms with van der Waals surface area (Å²) in [6.07, 6.45) is 4.74. The molecule has 1 aromatic carbocycles. The minimum atomic E-state index is -0.969. The fourth-order valence-electron chi connectivity index (χ4n) is 3.76. The number of rotatable bonds is 6. The molecular formula is C19H26N2O4. The van der Waals surface area contributed by atoms with Crippen LogP contribution in [-0.2, 0) is 9.59 Å². The van der Waals surface area contributed by atoms with Gasteiger partial charge in [0.25, 0.3) is 0 Å². The molecule has 0 spiro atoms. The third-order valence-corrected chi connectivity index (χ3v) is 5.29. The van der Waals surface area contributed by atoms with Crippen molar-refractivity contribution in [2.45, 2.75) is 52.4 Å². The summed E-state index contributed by atoms with van der Waals surface area (Å²) in [6, 6.07) is 4.87. The van der Waals surface area contributed by atoms with Crippen LogP contribution in [0.25, 0.3) is 0 Å². The SMILES string of the molecule is Cc1cc(NC(=O)C(C)(CC(=O)O)C2CCCCC2)ccc1C(N)=O. The van der Waals surface area contributed by atoms with Crippen LogP contribution in [0.1, 0.15) is 61.4 Å². The van der Waals surface area contributed by atoms with E-state index in [2.05, 4.69) is 5.32 Å². The molecule has 0 saturated heterocycles. The zero-order valence-electron chi connectivity index (χ0n) is 14.8. The van der Waals surface area contributed by atoms with Gasteiger partial charge in [-0.05, 0) is 56.4 Å². The van der Waals surface area contributed by atoms with Crippen molar-refractivity contribution >= 4 is 23.5 Å². The first-order valence-electron chi connectivity index (χ1n) is 8.67. The molecule has 2 rings (SSSR count). The standard InChI is InChI=1S/C19H26N2O4/c1-12-10-14(8-9-15(12)17(20)24)21-18(25)19(2,11-16(22)23)13-6-4-3-5-7-13/h8-10,13H,3-7,11H2,1-2H3,(H2,20,24)(H,21,25)(H,22,23). The number of carboxylic acid groups (broad SMARTS) is 1. The molecule has 0 bridgehead atoms. The molecule has 2 amide bonds. The molecule has 6 nitrogen and oxygen atoms in total. The predicted octanol–water partition coefficient (Wildman–Crippen LogP) is 3.09. The third kappa shape index (κ3) is 4.38. The van der Waals surface area contributed by atoms with Crippen LogP contribution in [0.2, 0.25) is 0 Å². The largest absolute Gasteiger partial charge is 0.481 e. The van der Waals surface area contributed by atoms with Gasteiger partial charge in [-0.2, -0.15) is 0 Å². The highest BCUT2D eigenvalue weighted by atomic mass is 16.4. The third-order valence-electron chi connectivity index (χ3n) is 5.29. The minimum absolute atomic E-state index is 0.0586. The van der Waals surface area contributed by atoms with Gasteiger partial charge in [0.2, 0.25) is 11.8 Å². The van der Waals surface area contributed by atoms with Crippen LogP contribution in [0, 0.1) is 18.3 Å². The second kappa shape index (κ2) is 7.68. The van der Waals surface area contributed by atoms with Crippen LogP contribution in [0.4, 0.5) is 5.69 Å². The van der Waals surface area contributed by atoms with Gasteiger partial charge >= 0.3 is 5.97 Å². The number of nitrogens with two attached hydrogens (primary N) is 1. The molecule has 0 aliphatic heterocycles. The van der Waals surface area contributed by atoms with Crippen molar-refractivity contribution in [3.05, 3.63) is 29.3 Å². The summed E-state index contributed by atoms with van der Waals surface area (Å²) in [5.41, 5.74) is 5.95. The Morgan fingerprint density at radius 1 is 1.24 bits per heavy atom. The number of hydrogen-bond donors (Lipinski definition) is 3. The smallest absolute Gasteiger partial charge is 0.304 e. The zero-order valence-corrected chi connectivity index (χ0v) is 14.8. The summed E-state index contributed by atoms with van der Waals surface area (Å²) in [6.45, 7) is 3.49. The first-order chi connectivity index (χ1) is 11.7. The maximum absolute atomic E-state index is 12.9. The lowest BCUT2D eigenvalue weighted by molar-refractivity contribution is -0.145. The fraction of sp³-hybridized carbons (Fsp3) is 0.526. The first kappa shape index (κ1) is 19.0. The van der Waals surface area contributed by atoms with Crippen LogP contribution in [0.15, 0.2) is 18.2 Å². The lowest BCUT2D eigenvalue weighted by Gasteiger charge is -2.37. The Hall–Kier alpha value is -2.37. The lowest BCUT2D eigenvalue weighted by atomic mass is 9.67. The molecule has 1 atom stereocenters. The van der Waals surface area contributed by atoms with E-state index in [9.17, 15) is 19.5 Å². The van der Waals surface area contributed by atoms with Crippen molar-refractivity contribution in [2.24, 2.45) is 17.1 Å². The molecule has 1 aromatic rings. The van der Waals surface area contributed by atoms with Gasteiger partial charge in [-0.1, -0.05) is 19.3 Å². The van der Waals surface area contributed by atoms with E-state index in [4.69, 9.17) is 5.73 Å². The second-order valence-electron chi connectivity index (χ2n) is 7.17. The number of primary amides is 1. The molecule has 1 fully saturated rings. The molecule has 6 heteroatoms. The monoisotopic (exact) mass is 346 g/mol. The topological polar surface area (TPSA) is 109 Å². The minimum Gasteiger partial charge on any atom is -0.481 e. The van der Waals surface area contributed by atoms with Crippen molar-refractivity contribution in [1.82, 2.24) is 0 Å². The van der Waals surface area contributed by atoms with Crippen molar-refractivity contribution in [3.63, 3.8) is 0 Å². The van der Waals surface area contributed by atoms with Gasteiger partial charge in [-0.15, -0.1) is 0 Å². The van der Waals surface area contributed by atoms with E-state index in [0.29, 0.717) is 16.8 Å². The average Bonchev–Trinajstić information content (AvgIpc) is 2.54.